The number of hydrogen-bond donors (Lipinski definition) is 2. The van der Waals surface area contributed by atoms with Crippen molar-refractivity contribution in [1.82, 2.24) is 15.4 Å². The zero-order valence-corrected chi connectivity index (χ0v) is 9.39. The third-order valence-corrected chi connectivity index (χ3v) is 2.38. The van der Waals surface area contributed by atoms with E-state index in [2.05, 4.69) is 59.4 Å². The number of aromatic nitrogens is 3. The third kappa shape index (κ3) is 2.25. The van der Waals surface area contributed by atoms with Gasteiger partial charge in [-0.25, -0.2) is 0 Å². The van der Waals surface area contributed by atoms with Gasteiger partial charge in [-0.15, -0.1) is 35.5 Å². The maximum atomic E-state index is 4.21. The van der Waals surface area contributed by atoms with Gasteiger partial charge in [0.2, 0.25) is 0 Å². The Labute approximate surface area is 88.6 Å². The molecule has 1 rings (SSSR count). The molecule has 0 N–H and O–H groups in total. The minimum absolute atomic E-state index is 0.573. The van der Waals surface area contributed by atoms with Crippen molar-refractivity contribution in [2.24, 2.45) is 0 Å². The molecule has 0 aliphatic carbocycles. The van der Waals surface area contributed by atoms with Crippen molar-refractivity contribution in [3.63, 3.8) is 0 Å². The second kappa shape index (κ2) is 4.66. The standard InChI is InChI=1S/C7H12N4S2/c1-3-11(4-2)5-6(12)8-10-9-7(5)13/h3-4H2,1-2H3,(H2,8,9,12,13). The highest BCUT2D eigenvalue weighted by Gasteiger charge is 2.12. The van der Waals surface area contributed by atoms with E-state index < -0.39 is 0 Å². The van der Waals surface area contributed by atoms with Gasteiger partial charge in [-0.3, -0.25) is 0 Å². The Bertz CT molecular complexity index is 268. The summed E-state index contributed by atoms with van der Waals surface area (Å²) in [6, 6.07) is 0. The first-order valence-corrected chi connectivity index (χ1v) is 4.96. The Morgan fingerprint density at radius 1 is 1.08 bits per heavy atom. The number of thiol groups is 2. The minimum atomic E-state index is 0.573. The molecule has 13 heavy (non-hydrogen) atoms. The lowest BCUT2D eigenvalue weighted by atomic mass is 10.4. The highest BCUT2D eigenvalue weighted by molar-refractivity contribution is 7.81. The molecule has 4 nitrogen and oxygen atoms in total. The largest absolute Gasteiger partial charge is 0.368 e. The highest BCUT2D eigenvalue weighted by atomic mass is 32.1. The van der Waals surface area contributed by atoms with Gasteiger partial charge in [0.25, 0.3) is 0 Å². The van der Waals surface area contributed by atoms with Crippen LogP contribution in [0.1, 0.15) is 13.8 Å². The molecule has 0 fully saturated rings. The highest BCUT2D eigenvalue weighted by Crippen LogP contribution is 2.26. The van der Waals surface area contributed by atoms with E-state index in [0.717, 1.165) is 18.8 Å². The molecule has 0 atom stereocenters. The normalized spacial score (nSPS) is 10.2. The minimum Gasteiger partial charge on any atom is -0.368 e. The van der Waals surface area contributed by atoms with Crippen LogP contribution in [0.5, 0.6) is 0 Å². The molecular weight excluding hydrogens is 204 g/mol. The molecule has 72 valence electrons. The fourth-order valence-electron chi connectivity index (χ4n) is 1.12. The van der Waals surface area contributed by atoms with Crippen molar-refractivity contribution in [2.45, 2.75) is 23.9 Å². The molecule has 0 radical (unpaired) electrons. The Hall–Kier alpha value is -0.490. The molecule has 1 aromatic rings. The van der Waals surface area contributed by atoms with Gasteiger partial charge >= 0.3 is 0 Å². The number of anilines is 1. The third-order valence-electron chi connectivity index (χ3n) is 1.78. The maximum Gasteiger partial charge on any atom is 0.144 e. The molecule has 0 aliphatic rings. The Morgan fingerprint density at radius 2 is 1.54 bits per heavy atom. The van der Waals surface area contributed by atoms with Crippen LogP contribution in [0.4, 0.5) is 5.69 Å². The monoisotopic (exact) mass is 216 g/mol. The van der Waals surface area contributed by atoms with E-state index in [9.17, 15) is 0 Å². The summed E-state index contributed by atoms with van der Waals surface area (Å²) in [5, 5.41) is 12.2. The van der Waals surface area contributed by atoms with E-state index in [4.69, 9.17) is 0 Å². The number of rotatable bonds is 3. The SMILES string of the molecule is CCN(CC)c1c(S)nnnc1S. The van der Waals surface area contributed by atoms with Gasteiger partial charge in [-0.1, -0.05) is 0 Å². The van der Waals surface area contributed by atoms with E-state index in [1.807, 2.05) is 0 Å². The lowest BCUT2D eigenvalue weighted by Gasteiger charge is -2.21. The maximum absolute atomic E-state index is 4.21. The van der Waals surface area contributed by atoms with Gasteiger partial charge in [-0.2, -0.15) is 0 Å². The summed E-state index contributed by atoms with van der Waals surface area (Å²) in [6.45, 7) is 5.88. The van der Waals surface area contributed by atoms with Crippen molar-refractivity contribution in [2.75, 3.05) is 18.0 Å². The van der Waals surface area contributed by atoms with Crippen LogP contribution in [0.3, 0.4) is 0 Å². The van der Waals surface area contributed by atoms with Crippen LogP contribution in [0.15, 0.2) is 10.1 Å². The summed E-state index contributed by atoms with van der Waals surface area (Å²) in [4.78, 5) is 2.09. The molecule has 1 heterocycles. The lowest BCUT2D eigenvalue weighted by Crippen LogP contribution is -2.23. The van der Waals surface area contributed by atoms with Crippen LogP contribution < -0.4 is 4.90 Å². The van der Waals surface area contributed by atoms with Gasteiger partial charge in [0, 0.05) is 13.1 Å². The summed E-state index contributed by atoms with van der Waals surface area (Å²) >= 11 is 8.42. The zero-order valence-electron chi connectivity index (χ0n) is 7.60. The Kier molecular flexibility index (Phi) is 3.80. The molecule has 0 unspecified atom stereocenters. The fraction of sp³-hybridized carbons (Fsp3) is 0.571. The topological polar surface area (TPSA) is 41.9 Å². The van der Waals surface area contributed by atoms with Gasteiger partial charge in [-0.05, 0) is 19.1 Å². The van der Waals surface area contributed by atoms with E-state index in [-0.39, 0.29) is 0 Å². The second-order valence-corrected chi connectivity index (χ2v) is 3.30. The van der Waals surface area contributed by atoms with Gasteiger partial charge in [0.15, 0.2) is 0 Å². The quantitative estimate of drug-likeness (QED) is 0.747. The van der Waals surface area contributed by atoms with Crippen LogP contribution in [0.2, 0.25) is 0 Å². The molecule has 0 spiro atoms. The van der Waals surface area contributed by atoms with E-state index in [1.165, 1.54) is 0 Å². The van der Waals surface area contributed by atoms with Crippen molar-refractivity contribution in [1.29, 1.82) is 0 Å². The molecule has 6 heteroatoms. The molecular formula is C7H12N4S2. The van der Waals surface area contributed by atoms with Crippen LogP contribution >= 0.6 is 25.3 Å². The summed E-state index contributed by atoms with van der Waals surface area (Å²) in [6.07, 6.45) is 0. The molecule has 0 saturated heterocycles. The van der Waals surface area contributed by atoms with Crippen molar-refractivity contribution in [3.8, 4) is 0 Å². The molecule has 0 aromatic carbocycles. The molecule has 0 aliphatic heterocycles. The predicted molar refractivity (Wildman–Crippen MR) is 57.9 cm³/mol. The van der Waals surface area contributed by atoms with E-state index >= 15 is 0 Å². The smallest absolute Gasteiger partial charge is 0.144 e. The molecule has 0 bridgehead atoms. The van der Waals surface area contributed by atoms with Gasteiger partial charge in [0.05, 0.1) is 0 Å². The average Bonchev–Trinajstić information content (AvgIpc) is 2.11. The van der Waals surface area contributed by atoms with Crippen molar-refractivity contribution in [3.05, 3.63) is 0 Å². The first-order chi connectivity index (χ1) is 6.20. The van der Waals surface area contributed by atoms with Crippen molar-refractivity contribution < 1.29 is 0 Å². The lowest BCUT2D eigenvalue weighted by molar-refractivity contribution is 0.720. The van der Waals surface area contributed by atoms with Crippen LogP contribution in [-0.4, -0.2) is 28.5 Å². The van der Waals surface area contributed by atoms with E-state index in [0.29, 0.717) is 10.1 Å². The number of nitrogens with zero attached hydrogens (tertiary/aromatic N) is 4. The molecule has 1 aromatic heterocycles. The Balaban J connectivity index is 3.10. The first kappa shape index (κ1) is 10.6. The predicted octanol–water partition coefficient (Wildman–Crippen LogP) is 1.30. The summed E-state index contributed by atoms with van der Waals surface area (Å²) < 4.78 is 0. The molecule has 0 amide bonds. The van der Waals surface area contributed by atoms with Crippen LogP contribution in [-0.2, 0) is 0 Å². The zero-order chi connectivity index (χ0) is 9.84. The summed E-state index contributed by atoms with van der Waals surface area (Å²) in [7, 11) is 0. The Morgan fingerprint density at radius 3 is 1.92 bits per heavy atom. The summed E-state index contributed by atoms with van der Waals surface area (Å²) in [5.41, 5.74) is 0.853. The van der Waals surface area contributed by atoms with Crippen LogP contribution in [0.25, 0.3) is 0 Å². The molecule has 0 saturated carbocycles. The average molecular weight is 216 g/mol. The van der Waals surface area contributed by atoms with Crippen molar-refractivity contribution >= 4 is 30.9 Å². The first-order valence-electron chi connectivity index (χ1n) is 4.06. The van der Waals surface area contributed by atoms with E-state index in [1.54, 1.807) is 0 Å². The van der Waals surface area contributed by atoms with Gasteiger partial charge in [0.1, 0.15) is 15.7 Å². The second-order valence-electron chi connectivity index (χ2n) is 2.46. The number of hydrogen-bond acceptors (Lipinski definition) is 6. The fourth-order valence-corrected chi connectivity index (χ4v) is 1.79. The van der Waals surface area contributed by atoms with Crippen LogP contribution in [0, 0.1) is 0 Å². The summed E-state index contributed by atoms with van der Waals surface area (Å²) in [5.74, 6) is 0. The van der Waals surface area contributed by atoms with Gasteiger partial charge < -0.3 is 4.90 Å².